The summed E-state index contributed by atoms with van der Waals surface area (Å²) in [5.74, 6) is -1.99. The third kappa shape index (κ3) is 2.63. The molecule has 9 heteroatoms. The van der Waals surface area contributed by atoms with Gasteiger partial charge in [0.1, 0.15) is 18.4 Å². The number of carbonyl (C=O) groups is 3. The lowest BCUT2D eigenvalue weighted by Crippen LogP contribution is -2.71. The third-order valence-corrected chi connectivity index (χ3v) is 4.95. The molecule has 2 fully saturated rings. The van der Waals surface area contributed by atoms with Gasteiger partial charge in [0.05, 0.1) is 6.04 Å². The van der Waals surface area contributed by atoms with Crippen molar-refractivity contribution in [1.82, 2.24) is 4.90 Å². The number of aliphatic carboxylic acids is 1. The van der Waals surface area contributed by atoms with Crippen LogP contribution in [0.1, 0.15) is 6.42 Å². The number of ether oxygens (including phenoxy) is 1. The molecule has 0 unspecified atom stereocenters. The van der Waals surface area contributed by atoms with Crippen molar-refractivity contribution in [2.24, 2.45) is 5.73 Å². The SMILES string of the molecule is N[C@@H]1C(=O)N2C(C(=O)O)=C(C=C3CCN(c4ccc(O)cc4)C3=O)OC[C@H]12. The van der Waals surface area contributed by atoms with Gasteiger partial charge in [-0.3, -0.25) is 14.5 Å². The Kier molecular flexibility index (Phi) is 3.88. The maximum atomic E-state index is 12.7. The number of hydrogen-bond acceptors (Lipinski definition) is 6. The van der Waals surface area contributed by atoms with Gasteiger partial charge in [-0.25, -0.2) is 4.79 Å². The summed E-state index contributed by atoms with van der Waals surface area (Å²) in [6.07, 6.45) is 1.79. The lowest BCUT2D eigenvalue weighted by Gasteiger charge is -2.47. The quantitative estimate of drug-likeness (QED) is 0.500. The van der Waals surface area contributed by atoms with Gasteiger partial charge in [-0.15, -0.1) is 0 Å². The summed E-state index contributed by atoms with van der Waals surface area (Å²) in [5, 5.41) is 18.9. The van der Waals surface area contributed by atoms with Gasteiger partial charge in [-0.1, -0.05) is 0 Å². The number of rotatable bonds is 3. The Hall–Kier alpha value is -3.33. The number of fused-ring (bicyclic) bond motifs is 1. The maximum absolute atomic E-state index is 12.7. The number of carbonyl (C=O) groups excluding carboxylic acids is 2. The molecule has 2 amide bonds. The second-order valence-corrected chi connectivity index (χ2v) is 6.52. The average molecular weight is 371 g/mol. The van der Waals surface area contributed by atoms with Crippen molar-refractivity contribution < 1.29 is 29.3 Å². The normalized spacial score (nSPS) is 26.2. The Morgan fingerprint density at radius 2 is 1.96 bits per heavy atom. The summed E-state index contributed by atoms with van der Waals surface area (Å²) < 4.78 is 5.52. The summed E-state index contributed by atoms with van der Waals surface area (Å²) >= 11 is 0. The lowest BCUT2D eigenvalue weighted by molar-refractivity contribution is -0.156. The molecule has 3 heterocycles. The molecule has 0 bridgehead atoms. The number of carboxylic acids is 1. The van der Waals surface area contributed by atoms with Crippen molar-refractivity contribution >= 4 is 23.5 Å². The Labute approximate surface area is 153 Å². The van der Waals surface area contributed by atoms with E-state index in [4.69, 9.17) is 10.5 Å². The average Bonchev–Trinajstić information content (AvgIpc) is 3.01. The Morgan fingerprint density at radius 1 is 1.26 bits per heavy atom. The van der Waals surface area contributed by atoms with Crippen LogP contribution in [0.25, 0.3) is 0 Å². The van der Waals surface area contributed by atoms with E-state index in [1.807, 2.05) is 0 Å². The first-order valence-corrected chi connectivity index (χ1v) is 8.39. The lowest BCUT2D eigenvalue weighted by atomic mass is 9.93. The second kappa shape index (κ2) is 6.13. The highest BCUT2D eigenvalue weighted by Crippen LogP contribution is 2.34. The monoisotopic (exact) mass is 371 g/mol. The highest BCUT2D eigenvalue weighted by atomic mass is 16.5. The first-order valence-electron chi connectivity index (χ1n) is 8.39. The number of amides is 2. The van der Waals surface area contributed by atoms with Crippen molar-refractivity contribution in [3.05, 3.63) is 47.4 Å². The van der Waals surface area contributed by atoms with Gasteiger partial charge in [0.15, 0.2) is 11.5 Å². The fraction of sp³-hybridized carbons (Fsp3) is 0.278. The molecule has 9 nitrogen and oxygen atoms in total. The van der Waals surface area contributed by atoms with Crippen LogP contribution < -0.4 is 10.6 Å². The van der Waals surface area contributed by atoms with Gasteiger partial charge >= 0.3 is 5.97 Å². The minimum absolute atomic E-state index is 0.0186. The zero-order valence-electron chi connectivity index (χ0n) is 14.2. The van der Waals surface area contributed by atoms with Crippen LogP contribution in [0.3, 0.4) is 0 Å². The number of anilines is 1. The predicted octanol–water partition coefficient (Wildman–Crippen LogP) is -0.0802. The van der Waals surface area contributed by atoms with Crippen LogP contribution in [-0.2, 0) is 19.1 Å². The van der Waals surface area contributed by atoms with Crippen molar-refractivity contribution in [3.63, 3.8) is 0 Å². The van der Waals surface area contributed by atoms with Gasteiger partial charge in [-0.2, -0.15) is 0 Å². The number of allylic oxidation sites excluding steroid dienone is 1. The molecule has 0 saturated carbocycles. The van der Waals surface area contributed by atoms with Crippen molar-refractivity contribution in [3.8, 4) is 5.75 Å². The molecule has 3 aliphatic rings. The first-order chi connectivity index (χ1) is 12.9. The standard InChI is InChI=1S/C18H17N3O6/c19-14-12-8-27-13(15(18(25)26)21(12)17(14)24)7-9-5-6-20(16(9)23)10-1-3-11(22)4-2-10/h1-4,7,12,14,22H,5-6,8,19H2,(H,25,26)/t12-,14+/m1/s1. The third-order valence-electron chi connectivity index (χ3n) is 4.95. The van der Waals surface area contributed by atoms with Crippen LogP contribution in [0, 0.1) is 0 Å². The van der Waals surface area contributed by atoms with E-state index in [0.29, 0.717) is 24.2 Å². The van der Waals surface area contributed by atoms with E-state index < -0.39 is 24.0 Å². The molecule has 0 radical (unpaired) electrons. The van der Waals surface area contributed by atoms with E-state index in [9.17, 15) is 24.6 Å². The number of carboxylic acid groups (broad SMARTS) is 1. The minimum Gasteiger partial charge on any atom is -0.508 e. The number of phenolic OH excluding ortho intramolecular Hbond substituents is 1. The van der Waals surface area contributed by atoms with Crippen molar-refractivity contribution in [2.75, 3.05) is 18.1 Å². The fourth-order valence-electron chi connectivity index (χ4n) is 3.49. The fourth-order valence-corrected chi connectivity index (χ4v) is 3.49. The van der Waals surface area contributed by atoms with Gasteiger partial charge in [0.25, 0.3) is 5.91 Å². The smallest absolute Gasteiger partial charge is 0.356 e. The van der Waals surface area contributed by atoms with E-state index in [0.717, 1.165) is 4.90 Å². The molecule has 27 heavy (non-hydrogen) atoms. The van der Waals surface area contributed by atoms with E-state index in [1.54, 1.807) is 12.1 Å². The van der Waals surface area contributed by atoms with Crippen LogP contribution in [0.15, 0.2) is 47.4 Å². The van der Waals surface area contributed by atoms with E-state index >= 15 is 0 Å². The molecule has 1 aromatic carbocycles. The zero-order valence-corrected chi connectivity index (χ0v) is 14.2. The minimum atomic E-state index is -1.31. The molecule has 0 spiro atoms. The number of benzene rings is 1. The number of nitrogens with two attached hydrogens (primary N) is 1. The number of β-lactam (4-membered cyclic amide) rings is 1. The van der Waals surface area contributed by atoms with Crippen LogP contribution in [0.4, 0.5) is 5.69 Å². The Bertz CT molecular complexity index is 904. The van der Waals surface area contributed by atoms with E-state index in [2.05, 4.69) is 0 Å². The summed E-state index contributed by atoms with van der Waals surface area (Å²) in [6, 6.07) is 4.95. The summed E-state index contributed by atoms with van der Waals surface area (Å²) in [6.45, 7) is 0.500. The molecule has 1 aromatic rings. The number of nitrogens with zero attached hydrogens (tertiary/aromatic N) is 2. The van der Waals surface area contributed by atoms with Gasteiger partial charge in [0, 0.05) is 17.8 Å². The molecular weight excluding hydrogens is 354 g/mol. The second-order valence-electron chi connectivity index (χ2n) is 6.52. The first kappa shape index (κ1) is 17.1. The highest BCUT2D eigenvalue weighted by molar-refractivity contribution is 6.08. The molecule has 140 valence electrons. The van der Waals surface area contributed by atoms with Crippen LogP contribution in [-0.4, -0.2) is 58.1 Å². The van der Waals surface area contributed by atoms with E-state index in [1.165, 1.54) is 23.1 Å². The number of hydrogen-bond donors (Lipinski definition) is 3. The maximum Gasteiger partial charge on any atom is 0.356 e. The molecule has 2 atom stereocenters. The molecule has 4 rings (SSSR count). The topological polar surface area (TPSA) is 133 Å². The Morgan fingerprint density at radius 3 is 2.63 bits per heavy atom. The molecule has 0 aliphatic carbocycles. The zero-order chi connectivity index (χ0) is 19.3. The largest absolute Gasteiger partial charge is 0.508 e. The van der Waals surface area contributed by atoms with Crippen LogP contribution in [0.5, 0.6) is 5.75 Å². The molecule has 4 N–H and O–H groups in total. The molecule has 0 aromatic heterocycles. The molecule has 3 aliphatic heterocycles. The number of phenols is 1. The van der Waals surface area contributed by atoms with Gasteiger partial charge in [0.2, 0.25) is 5.91 Å². The van der Waals surface area contributed by atoms with Crippen LogP contribution in [0.2, 0.25) is 0 Å². The highest BCUT2D eigenvalue weighted by Gasteiger charge is 2.52. The van der Waals surface area contributed by atoms with Crippen LogP contribution >= 0.6 is 0 Å². The van der Waals surface area contributed by atoms with Crippen molar-refractivity contribution in [2.45, 2.75) is 18.5 Å². The molecular formula is C18H17N3O6. The summed E-state index contributed by atoms with van der Waals surface area (Å²) in [4.78, 5) is 39.0. The number of aromatic hydroxyl groups is 1. The summed E-state index contributed by atoms with van der Waals surface area (Å²) in [5.41, 5.74) is 6.40. The predicted molar refractivity (Wildman–Crippen MR) is 92.4 cm³/mol. The van der Waals surface area contributed by atoms with Crippen molar-refractivity contribution in [1.29, 1.82) is 0 Å². The van der Waals surface area contributed by atoms with E-state index in [-0.39, 0.29) is 29.7 Å². The Balaban J connectivity index is 1.64. The van der Waals surface area contributed by atoms with Gasteiger partial charge in [-0.05, 0) is 36.8 Å². The molecule has 2 saturated heterocycles. The van der Waals surface area contributed by atoms with Gasteiger partial charge < -0.3 is 25.6 Å². The summed E-state index contributed by atoms with van der Waals surface area (Å²) in [7, 11) is 0.